The maximum Gasteiger partial charge on any atom is 0.0620 e. The van der Waals surface area contributed by atoms with Gasteiger partial charge in [0.15, 0.2) is 0 Å². The van der Waals surface area contributed by atoms with Gasteiger partial charge in [-0.3, -0.25) is 0 Å². The first kappa shape index (κ1) is 38.9. The van der Waals surface area contributed by atoms with Crippen molar-refractivity contribution in [2.45, 2.75) is 106 Å². The molecule has 0 atom stereocenters. The normalized spacial score (nSPS) is 12.2. The second-order valence-electron chi connectivity index (χ2n) is 18.6. The number of hydrogen-bond acceptors (Lipinski definition) is 2. The lowest BCUT2D eigenvalue weighted by atomic mass is 9.84. The first-order chi connectivity index (χ1) is 26.5. The van der Waals surface area contributed by atoms with Gasteiger partial charge in [-0.05, 0) is 119 Å². The summed E-state index contributed by atoms with van der Waals surface area (Å²) in [6.45, 7) is 27.3. The maximum atomic E-state index is 2.51. The van der Waals surface area contributed by atoms with E-state index in [1.165, 1.54) is 66.3 Å². The highest BCUT2D eigenvalue weighted by molar-refractivity contribution is 6.23. The SMILES string of the molecule is Cc1ccc(N(c2ccc(C(C)C)cc2)c2c3ccc(C(C)(C)C)cc3c(N(c3ccc(C)cc3)c3ccc(C(C)(C)C)cc3)c3ccc(C(C)C)cc23)cc1. The van der Waals surface area contributed by atoms with Gasteiger partial charge in [0.05, 0.1) is 11.4 Å². The van der Waals surface area contributed by atoms with Crippen LogP contribution in [-0.4, -0.2) is 0 Å². The third-order valence-corrected chi connectivity index (χ3v) is 11.5. The van der Waals surface area contributed by atoms with Gasteiger partial charge in [-0.2, -0.15) is 0 Å². The number of fused-ring (bicyclic) bond motifs is 2. The first-order valence-electron chi connectivity index (χ1n) is 20.5. The average molecular weight is 737 g/mol. The molecule has 0 aromatic heterocycles. The summed E-state index contributed by atoms with van der Waals surface area (Å²) in [4.78, 5) is 5.02. The van der Waals surface area contributed by atoms with Crippen LogP contribution in [0.2, 0.25) is 0 Å². The maximum absolute atomic E-state index is 2.51. The standard InChI is InChI=1S/C54H60N2/c1-35(2)39-17-27-45(28-18-39)55(43-23-13-37(5)14-24-43)51-48-32-22-42(54(10,11)12)34-50(48)52(47-31-19-40(36(3)4)33-49(47)51)56(44-25-15-38(6)16-26-44)46-29-20-41(21-30-46)53(7,8)9/h13-36H,1-12H3. The minimum absolute atomic E-state index is 0.0472. The lowest BCUT2D eigenvalue weighted by Crippen LogP contribution is -2.16. The monoisotopic (exact) mass is 736 g/mol. The zero-order chi connectivity index (χ0) is 40.1. The van der Waals surface area contributed by atoms with Gasteiger partial charge in [-0.25, -0.2) is 0 Å². The van der Waals surface area contributed by atoms with Crippen LogP contribution < -0.4 is 9.80 Å². The molecule has 0 unspecified atom stereocenters. The highest BCUT2D eigenvalue weighted by atomic mass is 15.2. The van der Waals surface area contributed by atoms with Crippen molar-refractivity contribution in [1.29, 1.82) is 0 Å². The fourth-order valence-electron chi connectivity index (χ4n) is 7.83. The highest BCUT2D eigenvalue weighted by Gasteiger charge is 2.28. The second-order valence-corrected chi connectivity index (χ2v) is 18.6. The van der Waals surface area contributed by atoms with E-state index in [2.05, 4.69) is 226 Å². The number of nitrogens with zero attached hydrogens (tertiary/aromatic N) is 2. The van der Waals surface area contributed by atoms with Gasteiger partial charge in [-0.15, -0.1) is 0 Å². The molecule has 7 aromatic carbocycles. The quantitative estimate of drug-likeness (QED) is 0.113. The largest absolute Gasteiger partial charge is 0.309 e. The molecule has 0 spiro atoms. The highest BCUT2D eigenvalue weighted by Crippen LogP contribution is 2.52. The molecule has 0 aliphatic carbocycles. The van der Waals surface area contributed by atoms with Crippen molar-refractivity contribution in [2.24, 2.45) is 0 Å². The van der Waals surface area contributed by atoms with E-state index in [4.69, 9.17) is 0 Å². The van der Waals surface area contributed by atoms with Gasteiger partial charge in [0.1, 0.15) is 0 Å². The van der Waals surface area contributed by atoms with Crippen LogP contribution in [0, 0.1) is 13.8 Å². The fraction of sp³-hybridized carbons (Fsp3) is 0.296. The summed E-state index contributed by atoms with van der Waals surface area (Å²) < 4.78 is 0. The predicted octanol–water partition coefficient (Wildman–Crippen LogP) is 16.4. The number of rotatable bonds is 8. The molecule has 7 rings (SSSR count). The summed E-state index contributed by atoms with van der Waals surface area (Å²) in [7, 11) is 0. The fourth-order valence-corrected chi connectivity index (χ4v) is 7.83. The van der Waals surface area contributed by atoms with Crippen molar-refractivity contribution < 1.29 is 0 Å². The molecule has 7 aromatic rings. The molecule has 0 amide bonds. The Labute approximate surface area is 336 Å². The molecule has 0 N–H and O–H groups in total. The molecule has 0 aliphatic rings. The third-order valence-electron chi connectivity index (χ3n) is 11.5. The Kier molecular flexibility index (Phi) is 10.4. The predicted molar refractivity (Wildman–Crippen MR) is 246 cm³/mol. The Balaban J connectivity index is 1.67. The molecule has 0 radical (unpaired) electrons. The van der Waals surface area contributed by atoms with Gasteiger partial charge < -0.3 is 9.80 Å². The number of aryl methyl sites for hydroxylation is 2. The minimum Gasteiger partial charge on any atom is -0.309 e. The molecule has 56 heavy (non-hydrogen) atoms. The van der Waals surface area contributed by atoms with Crippen molar-refractivity contribution >= 4 is 55.7 Å². The Morgan fingerprint density at radius 1 is 0.357 bits per heavy atom. The van der Waals surface area contributed by atoms with Crippen LogP contribution in [0.3, 0.4) is 0 Å². The van der Waals surface area contributed by atoms with E-state index < -0.39 is 0 Å². The van der Waals surface area contributed by atoms with Crippen LogP contribution in [0.1, 0.15) is 114 Å². The van der Waals surface area contributed by atoms with E-state index in [1.807, 2.05) is 0 Å². The lowest BCUT2D eigenvalue weighted by Gasteiger charge is -2.34. The molecular formula is C54H60N2. The average Bonchev–Trinajstić information content (AvgIpc) is 3.16. The van der Waals surface area contributed by atoms with E-state index >= 15 is 0 Å². The van der Waals surface area contributed by atoms with Crippen molar-refractivity contribution in [2.75, 3.05) is 9.80 Å². The van der Waals surface area contributed by atoms with Crippen LogP contribution in [-0.2, 0) is 10.8 Å². The second kappa shape index (κ2) is 15.0. The summed E-state index contributed by atoms with van der Waals surface area (Å²) in [6, 6.07) is 51.0. The summed E-state index contributed by atoms with van der Waals surface area (Å²) in [6.07, 6.45) is 0. The molecule has 0 aliphatic heterocycles. The van der Waals surface area contributed by atoms with Crippen LogP contribution in [0.5, 0.6) is 0 Å². The van der Waals surface area contributed by atoms with Crippen molar-refractivity contribution in [1.82, 2.24) is 0 Å². The smallest absolute Gasteiger partial charge is 0.0620 e. The molecule has 2 nitrogen and oxygen atoms in total. The Hall–Kier alpha value is -5.34. The zero-order valence-corrected chi connectivity index (χ0v) is 35.8. The van der Waals surface area contributed by atoms with E-state index in [9.17, 15) is 0 Å². The van der Waals surface area contributed by atoms with E-state index in [0.717, 1.165) is 22.7 Å². The van der Waals surface area contributed by atoms with Crippen molar-refractivity contribution in [3.63, 3.8) is 0 Å². The Morgan fingerprint density at radius 3 is 1.11 bits per heavy atom. The van der Waals surface area contributed by atoms with Crippen molar-refractivity contribution in [3.8, 4) is 0 Å². The zero-order valence-electron chi connectivity index (χ0n) is 35.8. The molecule has 0 saturated heterocycles. The first-order valence-corrected chi connectivity index (χ1v) is 20.5. The third kappa shape index (κ3) is 7.59. The number of hydrogen-bond donors (Lipinski definition) is 0. The molecular weight excluding hydrogens is 677 g/mol. The van der Waals surface area contributed by atoms with Gasteiger partial charge >= 0.3 is 0 Å². The van der Waals surface area contributed by atoms with E-state index in [0.29, 0.717) is 11.8 Å². The lowest BCUT2D eigenvalue weighted by molar-refractivity contribution is 0.590. The molecule has 0 saturated carbocycles. The van der Waals surface area contributed by atoms with Crippen LogP contribution in [0.25, 0.3) is 21.5 Å². The summed E-state index contributed by atoms with van der Waals surface area (Å²) in [5.41, 5.74) is 14.8. The summed E-state index contributed by atoms with van der Waals surface area (Å²) in [5, 5.41) is 4.91. The van der Waals surface area contributed by atoms with E-state index in [1.54, 1.807) is 0 Å². The minimum atomic E-state index is -0.0472. The number of anilines is 6. The van der Waals surface area contributed by atoms with Crippen LogP contribution in [0.4, 0.5) is 34.1 Å². The number of benzene rings is 7. The molecule has 0 heterocycles. The Bertz CT molecular complexity index is 2470. The van der Waals surface area contributed by atoms with Gasteiger partial charge in [0, 0.05) is 44.3 Å². The molecule has 0 bridgehead atoms. The topological polar surface area (TPSA) is 6.48 Å². The molecule has 286 valence electrons. The van der Waals surface area contributed by atoms with Gasteiger partial charge in [0.25, 0.3) is 0 Å². The van der Waals surface area contributed by atoms with Crippen LogP contribution >= 0.6 is 0 Å². The van der Waals surface area contributed by atoms with E-state index in [-0.39, 0.29) is 10.8 Å². The molecule has 0 fully saturated rings. The van der Waals surface area contributed by atoms with Gasteiger partial charge in [0.2, 0.25) is 0 Å². The molecule has 2 heteroatoms. The summed E-state index contributed by atoms with van der Waals surface area (Å²) in [5.74, 6) is 0.818. The summed E-state index contributed by atoms with van der Waals surface area (Å²) >= 11 is 0. The van der Waals surface area contributed by atoms with Gasteiger partial charge in [-0.1, -0.05) is 153 Å². The van der Waals surface area contributed by atoms with Crippen LogP contribution in [0.15, 0.2) is 133 Å². The van der Waals surface area contributed by atoms with Crippen molar-refractivity contribution in [3.05, 3.63) is 167 Å². The Morgan fingerprint density at radius 2 is 0.696 bits per heavy atom.